The summed E-state index contributed by atoms with van der Waals surface area (Å²) in [5, 5.41) is 7.04. The summed E-state index contributed by atoms with van der Waals surface area (Å²) in [6, 6.07) is 0. The van der Waals surface area contributed by atoms with Gasteiger partial charge in [-0.15, -0.1) is 0 Å². The number of nitrogens with one attached hydrogen (secondary N) is 1. The molecule has 1 fully saturated rings. The Labute approximate surface area is 121 Å². The topological polar surface area (TPSA) is 59.4 Å². The van der Waals surface area contributed by atoms with Crippen LogP contribution >= 0.6 is 15.9 Å². The standard InChI is InChI=1S/C12H19BrN4O2/c13-11-9-15-17(10-11)3-1-12(18)14-2-4-16-5-7-19-8-6-16/h9-10H,1-8H2,(H,14,18). The fraction of sp³-hybridized carbons (Fsp3) is 0.667. The van der Waals surface area contributed by atoms with Gasteiger partial charge in [-0.1, -0.05) is 0 Å². The zero-order valence-electron chi connectivity index (χ0n) is 10.8. The summed E-state index contributed by atoms with van der Waals surface area (Å²) in [5.41, 5.74) is 0. The van der Waals surface area contributed by atoms with Crippen LogP contribution < -0.4 is 5.32 Å². The summed E-state index contributed by atoms with van der Waals surface area (Å²) in [5.74, 6) is 0.0693. The summed E-state index contributed by atoms with van der Waals surface area (Å²) in [7, 11) is 0. The second-order valence-electron chi connectivity index (χ2n) is 4.48. The van der Waals surface area contributed by atoms with Crippen LogP contribution in [0, 0.1) is 0 Å². The number of ether oxygens (including phenoxy) is 1. The molecule has 1 aromatic heterocycles. The second-order valence-corrected chi connectivity index (χ2v) is 5.39. The Hall–Kier alpha value is -0.920. The highest BCUT2D eigenvalue weighted by Gasteiger charge is 2.10. The van der Waals surface area contributed by atoms with Crippen LogP contribution in [-0.4, -0.2) is 60.0 Å². The molecule has 2 rings (SSSR count). The first-order valence-corrected chi connectivity index (χ1v) is 7.28. The van der Waals surface area contributed by atoms with Gasteiger partial charge < -0.3 is 10.1 Å². The Bertz CT molecular complexity index is 404. The minimum Gasteiger partial charge on any atom is -0.379 e. The molecule has 1 aliphatic heterocycles. The van der Waals surface area contributed by atoms with E-state index in [4.69, 9.17) is 4.74 Å². The molecule has 0 bridgehead atoms. The first-order valence-electron chi connectivity index (χ1n) is 6.49. The number of hydrogen-bond acceptors (Lipinski definition) is 4. The second kappa shape index (κ2) is 7.62. The van der Waals surface area contributed by atoms with E-state index in [9.17, 15) is 4.79 Å². The molecule has 0 unspecified atom stereocenters. The van der Waals surface area contributed by atoms with Crippen LogP contribution in [0.3, 0.4) is 0 Å². The van der Waals surface area contributed by atoms with Crippen molar-refractivity contribution in [2.24, 2.45) is 0 Å². The molecule has 0 radical (unpaired) electrons. The highest BCUT2D eigenvalue weighted by atomic mass is 79.9. The summed E-state index contributed by atoms with van der Waals surface area (Å²) in [6.07, 6.45) is 4.04. The van der Waals surface area contributed by atoms with Crippen molar-refractivity contribution < 1.29 is 9.53 Å². The minimum atomic E-state index is 0.0693. The number of aromatic nitrogens is 2. The highest BCUT2D eigenvalue weighted by molar-refractivity contribution is 9.10. The predicted molar refractivity (Wildman–Crippen MR) is 74.8 cm³/mol. The molecular formula is C12H19BrN4O2. The molecule has 1 amide bonds. The molecule has 7 heteroatoms. The maximum Gasteiger partial charge on any atom is 0.221 e. The van der Waals surface area contributed by atoms with E-state index in [-0.39, 0.29) is 5.91 Å². The minimum absolute atomic E-state index is 0.0693. The summed E-state index contributed by atoms with van der Waals surface area (Å²) < 4.78 is 7.96. The van der Waals surface area contributed by atoms with Crippen molar-refractivity contribution in [2.75, 3.05) is 39.4 Å². The van der Waals surface area contributed by atoms with Gasteiger partial charge in [-0.3, -0.25) is 14.4 Å². The van der Waals surface area contributed by atoms with Crippen LogP contribution in [0.25, 0.3) is 0 Å². The molecule has 106 valence electrons. The lowest BCUT2D eigenvalue weighted by Crippen LogP contribution is -2.41. The monoisotopic (exact) mass is 330 g/mol. The molecule has 1 aliphatic rings. The fourth-order valence-corrected chi connectivity index (χ4v) is 2.27. The lowest BCUT2D eigenvalue weighted by atomic mass is 10.3. The van der Waals surface area contributed by atoms with E-state index in [1.807, 2.05) is 6.20 Å². The molecule has 0 atom stereocenters. The number of morpholine rings is 1. The third-order valence-corrected chi connectivity index (χ3v) is 3.43. The smallest absolute Gasteiger partial charge is 0.221 e. The average Bonchev–Trinajstić information content (AvgIpc) is 2.83. The Balaban J connectivity index is 1.56. The van der Waals surface area contributed by atoms with Crippen LogP contribution in [0.4, 0.5) is 0 Å². The molecule has 1 saturated heterocycles. The van der Waals surface area contributed by atoms with Crippen LogP contribution in [0.5, 0.6) is 0 Å². The van der Waals surface area contributed by atoms with E-state index in [2.05, 4.69) is 31.2 Å². The maximum atomic E-state index is 11.7. The van der Waals surface area contributed by atoms with Gasteiger partial charge in [0.25, 0.3) is 0 Å². The molecule has 1 aromatic rings. The van der Waals surface area contributed by atoms with Crippen LogP contribution in [0.1, 0.15) is 6.42 Å². The molecule has 0 spiro atoms. The molecule has 0 saturated carbocycles. The molecule has 2 heterocycles. The predicted octanol–water partition coefficient (Wildman–Crippen LogP) is 0.484. The number of rotatable bonds is 6. The van der Waals surface area contributed by atoms with Crippen LogP contribution in [0.2, 0.25) is 0 Å². The van der Waals surface area contributed by atoms with Crippen molar-refractivity contribution in [3.8, 4) is 0 Å². The van der Waals surface area contributed by atoms with Crippen molar-refractivity contribution >= 4 is 21.8 Å². The van der Waals surface area contributed by atoms with Crippen molar-refractivity contribution in [2.45, 2.75) is 13.0 Å². The number of carbonyl (C=O) groups excluding carboxylic acids is 1. The average molecular weight is 331 g/mol. The maximum absolute atomic E-state index is 11.7. The molecule has 19 heavy (non-hydrogen) atoms. The molecule has 1 N–H and O–H groups in total. The molecule has 6 nitrogen and oxygen atoms in total. The molecule has 0 aromatic carbocycles. The Morgan fingerprint density at radius 2 is 2.21 bits per heavy atom. The van der Waals surface area contributed by atoms with E-state index in [1.165, 1.54) is 0 Å². The van der Waals surface area contributed by atoms with Gasteiger partial charge in [-0.05, 0) is 15.9 Å². The van der Waals surface area contributed by atoms with Gasteiger partial charge in [-0.25, -0.2) is 0 Å². The van der Waals surface area contributed by atoms with Crippen LogP contribution in [-0.2, 0) is 16.1 Å². The van der Waals surface area contributed by atoms with Gasteiger partial charge in [0.2, 0.25) is 5.91 Å². The van der Waals surface area contributed by atoms with E-state index < -0.39 is 0 Å². The SMILES string of the molecule is O=C(CCn1cc(Br)cn1)NCCN1CCOCC1. The van der Waals surface area contributed by atoms with Gasteiger partial charge in [-0.2, -0.15) is 5.10 Å². The Morgan fingerprint density at radius 1 is 1.42 bits per heavy atom. The number of amides is 1. The van der Waals surface area contributed by atoms with Gasteiger partial charge in [0.05, 0.1) is 23.9 Å². The fourth-order valence-electron chi connectivity index (χ4n) is 1.94. The van der Waals surface area contributed by atoms with Crippen molar-refractivity contribution in [3.63, 3.8) is 0 Å². The number of nitrogens with zero attached hydrogens (tertiary/aromatic N) is 3. The third-order valence-electron chi connectivity index (χ3n) is 3.02. The zero-order valence-corrected chi connectivity index (χ0v) is 12.4. The zero-order chi connectivity index (χ0) is 13.5. The molecular weight excluding hydrogens is 312 g/mol. The van der Waals surface area contributed by atoms with Crippen molar-refractivity contribution in [3.05, 3.63) is 16.9 Å². The van der Waals surface area contributed by atoms with Crippen LogP contribution in [0.15, 0.2) is 16.9 Å². The number of carbonyl (C=O) groups is 1. The Kier molecular flexibility index (Phi) is 5.81. The van der Waals surface area contributed by atoms with E-state index in [0.29, 0.717) is 19.5 Å². The van der Waals surface area contributed by atoms with Crippen molar-refractivity contribution in [1.82, 2.24) is 20.0 Å². The highest BCUT2D eigenvalue weighted by Crippen LogP contribution is 2.06. The first-order chi connectivity index (χ1) is 9.24. The summed E-state index contributed by atoms with van der Waals surface area (Å²) in [4.78, 5) is 14.0. The largest absolute Gasteiger partial charge is 0.379 e. The van der Waals surface area contributed by atoms with Gasteiger partial charge in [0.15, 0.2) is 0 Å². The van der Waals surface area contributed by atoms with Gasteiger partial charge >= 0.3 is 0 Å². The van der Waals surface area contributed by atoms with Gasteiger partial charge in [0.1, 0.15) is 0 Å². The van der Waals surface area contributed by atoms with E-state index in [1.54, 1.807) is 10.9 Å². The third kappa shape index (κ3) is 5.30. The van der Waals surface area contributed by atoms with E-state index in [0.717, 1.165) is 37.3 Å². The summed E-state index contributed by atoms with van der Waals surface area (Å²) in [6.45, 7) is 5.69. The van der Waals surface area contributed by atoms with Gasteiger partial charge in [0, 0.05) is 45.3 Å². The lowest BCUT2D eigenvalue weighted by Gasteiger charge is -2.26. The molecule has 0 aliphatic carbocycles. The van der Waals surface area contributed by atoms with Crippen molar-refractivity contribution in [1.29, 1.82) is 0 Å². The quantitative estimate of drug-likeness (QED) is 0.824. The van der Waals surface area contributed by atoms with E-state index >= 15 is 0 Å². The first kappa shape index (κ1) is 14.5. The number of halogens is 1. The Morgan fingerprint density at radius 3 is 2.89 bits per heavy atom. The number of hydrogen-bond donors (Lipinski definition) is 1. The normalized spacial score (nSPS) is 16.5. The number of aryl methyl sites for hydroxylation is 1. The lowest BCUT2D eigenvalue weighted by molar-refractivity contribution is -0.121. The summed E-state index contributed by atoms with van der Waals surface area (Å²) >= 11 is 3.33.